The van der Waals surface area contributed by atoms with Gasteiger partial charge in [-0.25, -0.2) is 0 Å². The molecular weight excluding hydrogens is 205 g/mol. The third-order valence-corrected chi connectivity index (χ3v) is 1.31. The number of halogens is 2. The molecule has 0 aliphatic heterocycles. The molecule has 0 radical (unpaired) electrons. The Labute approximate surface area is 80.2 Å². The number of esters is 1. The first-order valence-electron chi connectivity index (χ1n) is 3.29. The summed E-state index contributed by atoms with van der Waals surface area (Å²) in [7, 11) is 0. The van der Waals surface area contributed by atoms with Crippen molar-refractivity contribution in [2.45, 2.75) is 11.8 Å². The second kappa shape index (κ2) is 6.08. The van der Waals surface area contributed by atoms with E-state index in [0.29, 0.717) is 0 Å². The zero-order valence-corrected chi connectivity index (χ0v) is 7.98. The normalized spacial score (nSPS) is 9.67. The average Bonchev–Trinajstić information content (AvgIpc) is 2.00. The van der Waals surface area contributed by atoms with Gasteiger partial charge in [0.15, 0.2) is 4.84 Å². The van der Waals surface area contributed by atoms with E-state index >= 15 is 0 Å². The van der Waals surface area contributed by atoms with Crippen LogP contribution in [0.5, 0.6) is 0 Å². The molecule has 0 spiro atoms. The van der Waals surface area contributed by atoms with Crippen molar-refractivity contribution in [2.75, 3.05) is 13.2 Å². The lowest BCUT2D eigenvalue weighted by molar-refractivity contribution is -0.143. The van der Waals surface area contributed by atoms with Crippen molar-refractivity contribution in [3.63, 3.8) is 0 Å². The highest BCUT2D eigenvalue weighted by Crippen LogP contribution is 1.99. The Bertz CT molecular complexity index is 172. The molecule has 0 atom stereocenters. The maximum Gasteiger partial charge on any atom is 0.325 e. The van der Waals surface area contributed by atoms with Crippen LogP contribution >= 0.6 is 23.2 Å². The highest BCUT2D eigenvalue weighted by atomic mass is 35.5. The summed E-state index contributed by atoms with van der Waals surface area (Å²) in [6.07, 6.45) is 0. The van der Waals surface area contributed by atoms with Crippen LogP contribution in [0.25, 0.3) is 0 Å². The molecule has 70 valence electrons. The van der Waals surface area contributed by atoms with Gasteiger partial charge in [0.1, 0.15) is 6.54 Å². The summed E-state index contributed by atoms with van der Waals surface area (Å²) in [5, 5.41) is 2.19. The molecule has 0 aliphatic rings. The number of amides is 1. The van der Waals surface area contributed by atoms with Crippen molar-refractivity contribution in [3.8, 4) is 0 Å². The van der Waals surface area contributed by atoms with Gasteiger partial charge in [0.25, 0.3) is 5.91 Å². The summed E-state index contributed by atoms with van der Waals surface area (Å²) in [5.41, 5.74) is 0. The van der Waals surface area contributed by atoms with E-state index in [1.165, 1.54) is 0 Å². The summed E-state index contributed by atoms with van der Waals surface area (Å²) in [6, 6.07) is 0. The zero-order valence-electron chi connectivity index (χ0n) is 6.47. The fourth-order valence-corrected chi connectivity index (χ4v) is 0.603. The molecule has 0 aromatic carbocycles. The lowest BCUT2D eigenvalue weighted by Gasteiger charge is -2.04. The first-order chi connectivity index (χ1) is 5.57. The zero-order chi connectivity index (χ0) is 9.56. The Morgan fingerprint density at radius 3 is 2.50 bits per heavy atom. The fraction of sp³-hybridized carbons (Fsp3) is 0.667. The molecule has 0 bridgehead atoms. The van der Waals surface area contributed by atoms with E-state index in [2.05, 4.69) is 10.1 Å². The van der Waals surface area contributed by atoms with E-state index in [1.54, 1.807) is 6.92 Å². The van der Waals surface area contributed by atoms with Gasteiger partial charge in [-0.3, -0.25) is 9.59 Å². The van der Waals surface area contributed by atoms with Gasteiger partial charge in [-0.05, 0) is 6.92 Å². The number of ether oxygens (including phenoxy) is 1. The van der Waals surface area contributed by atoms with Crippen LogP contribution < -0.4 is 5.32 Å². The van der Waals surface area contributed by atoms with Gasteiger partial charge < -0.3 is 10.1 Å². The summed E-state index contributed by atoms with van der Waals surface area (Å²) >= 11 is 10.4. The number of hydrogen-bond donors (Lipinski definition) is 1. The molecule has 0 fully saturated rings. The number of rotatable bonds is 4. The standard InChI is InChI=1S/C6H9Cl2NO3/c1-2-12-4(10)3-9-6(11)5(7)8/h5H,2-3H2,1H3,(H,9,11). The van der Waals surface area contributed by atoms with Gasteiger partial charge in [0.2, 0.25) is 0 Å². The SMILES string of the molecule is CCOC(=O)CNC(=O)C(Cl)Cl. The Morgan fingerprint density at radius 2 is 2.08 bits per heavy atom. The third kappa shape index (κ3) is 5.21. The van der Waals surface area contributed by atoms with E-state index in [0.717, 1.165) is 0 Å². The fourth-order valence-electron chi connectivity index (χ4n) is 0.448. The van der Waals surface area contributed by atoms with E-state index < -0.39 is 16.7 Å². The molecular formula is C6H9Cl2NO3. The number of alkyl halides is 2. The monoisotopic (exact) mass is 213 g/mol. The molecule has 0 heterocycles. The van der Waals surface area contributed by atoms with E-state index in [4.69, 9.17) is 23.2 Å². The second-order valence-electron chi connectivity index (χ2n) is 1.82. The molecule has 0 saturated carbocycles. The minimum absolute atomic E-state index is 0.206. The summed E-state index contributed by atoms with van der Waals surface area (Å²) in [6.45, 7) is 1.74. The Morgan fingerprint density at radius 1 is 1.50 bits per heavy atom. The first-order valence-corrected chi connectivity index (χ1v) is 4.16. The van der Waals surface area contributed by atoms with Crippen LogP contribution in [0.3, 0.4) is 0 Å². The average molecular weight is 214 g/mol. The number of carbonyl (C=O) groups excluding carboxylic acids is 2. The second-order valence-corrected chi connectivity index (χ2v) is 2.92. The molecule has 12 heavy (non-hydrogen) atoms. The quantitative estimate of drug-likeness (QED) is 0.546. The van der Waals surface area contributed by atoms with E-state index in [-0.39, 0.29) is 13.2 Å². The molecule has 0 saturated heterocycles. The first kappa shape index (κ1) is 11.5. The van der Waals surface area contributed by atoms with Crippen molar-refractivity contribution >= 4 is 35.1 Å². The molecule has 4 nitrogen and oxygen atoms in total. The molecule has 0 aromatic rings. The number of nitrogens with one attached hydrogen (secondary N) is 1. The number of hydrogen-bond acceptors (Lipinski definition) is 3. The van der Waals surface area contributed by atoms with Gasteiger partial charge >= 0.3 is 5.97 Å². The minimum Gasteiger partial charge on any atom is -0.465 e. The largest absolute Gasteiger partial charge is 0.465 e. The maximum absolute atomic E-state index is 10.7. The molecule has 0 unspecified atom stereocenters. The van der Waals surface area contributed by atoms with Crippen molar-refractivity contribution in [1.29, 1.82) is 0 Å². The van der Waals surface area contributed by atoms with Crippen LogP contribution in [0.1, 0.15) is 6.92 Å². The van der Waals surface area contributed by atoms with Crippen LogP contribution in [-0.2, 0) is 14.3 Å². The predicted octanol–water partition coefficient (Wildman–Crippen LogP) is 0.469. The van der Waals surface area contributed by atoms with Gasteiger partial charge in [0.05, 0.1) is 6.61 Å². The van der Waals surface area contributed by atoms with E-state index in [1.807, 2.05) is 0 Å². The highest BCUT2D eigenvalue weighted by Gasteiger charge is 2.12. The smallest absolute Gasteiger partial charge is 0.325 e. The van der Waals surface area contributed by atoms with Crippen LogP contribution in [0.15, 0.2) is 0 Å². The Hall–Kier alpha value is -0.480. The van der Waals surface area contributed by atoms with Gasteiger partial charge in [-0.1, -0.05) is 23.2 Å². The van der Waals surface area contributed by atoms with Crippen molar-refractivity contribution in [3.05, 3.63) is 0 Å². The van der Waals surface area contributed by atoms with Crippen LogP contribution in [0.2, 0.25) is 0 Å². The summed E-state index contributed by atoms with van der Waals surface area (Å²) in [5.74, 6) is -1.12. The Kier molecular flexibility index (Phi) is 5.84. The third-order valence-electron chi connectivity index (χ3n) is 0.910. The topological polar surface area (TPSA) is 55.4 Å². The molecule has 1 amide bonds. The maximum atomic E-state index is 10.7. The van der Waals surface area contributed by atoms with Gasteiger partial charge in [-0.15, -0.1) is 0 Å². The lowest BCUT2D eigenvalue weighted by Crippen LogP contribution is -2.33. The van der Waals surface area contributed by atoms with Crippen LogP contribution in [0.4, 0.5) is 0 Å². The van der Waals surface area contributed by atoms with Gasteiger partial charge in [-0.2, -0.15) is 0 Å². The van der Waals surface area contributed by atoms with Crippen LogP contribution in [-0.4, -0.2) is 29.9 Å². The predicted molar refractivity (Wildman–Crippen MR) is 45.1 cm³/mol. The Balaban J connectivity index is 3.54. The number of carbonyl (C=O) groups is 2. The molecule has 0 aromatic heterocycles. The van der Waals surface area contributed by atoms with Crippen molar-refractivity contribution in [1.82, 2.24) is 5.32 Å². The van der Waals surface area contributed by atoms with Gasteiger partial charge in [0, 0.05) is 0 Å². The lowest BCUT2D eigenvalue weighted by atomic mass is 10.6. The minimum atomic E-state index is -1.15. The van der Waals surface area contributed by atoms with Crippen LogP contribution in [0, 0.1) is 0 Å². The summed E-state index contributed by atoms with van der Waals surface area (Å²) in [4.78, 5) is 20.2. The summed E-state index contributed by atoms with van der Waals surface area (Å²) < 4.78 is 4.53. The molecule has 0 rings (SSSR count). The highest BCUT2D eigenvalue weighted by molar-refractivity contribution is 6.53. The molecule has 1 N–H and O–H groups in total. The van der Waals surface area contributed by atoms with Crippen molar-refractivity contribution < 1.29 is 14.3 Å². The molecule has 6 heteroatoms. The molecule has 0 aliphatic carbocycles. The van der Waals surface area contributed by atoms with E-state index in [9.17, 15) is 9.59 Å². The van der Waals surface area contributed by atoms with Crippen molar-refractivity contribution in [2.24, 2.45) is 0 Å².